The molecule has 1 heterocycles. The molecule has 0 unspecified atom stereocenters. The minimum Gasteiger partial charge on any atom is -0.273 e. The van der Waals surface area contributed by atoms with E-state index in [0.717, 1.165) is 17.0 Å². The second kappa shape index (κ2) is 6.62. The fraction of sp³-hybridized carbons (Fsp3) is 0.267. The van der Waals surface area contributed by atoms with Crippen molar-refractivity contribution in [3.8, 4) is 0 Å². The van der Waals surface area contributed by atoms with E-state index in [9.17, 15) is 9.59 Å². The fourth-order valence-corrected chi connectivity index (χ4v) is 2.20. The van der Waals surface area contributed by atoms with Crippen LogP contribution < -0.4 is 10.9 Å². The largest absolute Gasteiger partial charge is 0.273 e. The third kappa shape index (κ3) is 3.65. The molecule has 1 aromatic heterocycles. The SMILES string of the molecule is Cc1nn(C)c(C)c1CC(=O)NNC(=O)c1ccc(Cl)cc1. The van der Waals surface area contributed by atoms with Gasteiger partial charge < -0.3 is 0 Å². The highest BCUT2D eigenvalue weighted by Crippen LogP contribution is 2.12. The van der Waals surface area contributed by atoms with Crippen LogP contribution in [-0.4, -0.2) is 21.6 Å². The highest BCUT2D eigenvalue weighted by Gasteiger charge is 2.14. The Morgan fingerprint density at radius 2 is 1.82 bits per heavy atom. The van der Waals surface area contributed by atoms with E-state index in [1.807, 2.05) is 20.9 Å². The van der Waals surface area contributed by atoms with Crippen molar-refractivity contribution in [1.29, 1.82) is 0 Å². The van der Waals surface area contributed by atoms with Gasteiger partial charge in [0, 0.05) is 28.9 Å². The molecule has 2 rings (SSSR count). The van der Waals surface area contributed by atoms with Gasteiger partial charge in [0.1, 0.15) is 0 Å². The summed E-state index contributed by atoms with van der Waals surface area (Å²) in [5.74, 6) is -0.703. The molecule has 0 bridgehead atoms. The maximum atomic E-state index is 11.9. The summed E-state index contributed by atoms with van der Waals surface area (Å²) in [5, 5.41) is 4.80. The van der Waals surface area contributed by atoms with Gasteiger partial charge in [-0.1, -0.05) is 11.6 Å². The number of hydrogen-bond donors (Lipinski definition) is 2. The number of nitrogens with one attached hydrogen (secondary N) is 2. The Labute approximate surface area is 133 Å². The maximum Gasteiger partial charge on any atom is 0.269 e. The molecule has 0 spiro atoms. The number of halogens is 1. The molecule has 0 aliphatic carbocycles. The summed E-state index contributed by atoms with van der Waals surface area (Å²) in [4.78, 5) is 23.8. The van der Waals surface area contributed by atoms with E-state index in [1.54, 1.807) is 28.9 Å². The van der Waals surface area contributed by atoms with Crippen LogP contribution in [0.3, 0.4) is 0 Å². The van der Waals surface area contributed by atoms with E-state index in [0.29, 0.717) is 10.6 Å². The van der Waals surface area contributed by atoms with Crippen LogP contribution >= 0.6 is 11.6 Å². The molecular weight excluding hydrogens is 304 g/mol. The van der Waals surface area contributed by atoms with Gasteiger partial charge in [-0.05, 0) is 38.1 Å². The van der Waals surface area contributed by atoms with Gasteiger partial charge in [-0.3, -0.25) is 25.1 Å². The number of aromatic nitrogens is 2. The summed E-state index contributed by atoms with van der Waals surface area (Å²) in [6, 6.07) is 6.39. The lowest BCUT2D eigenvalue weighted by molar-refractivity contribution is -0.121. The van der Waals surface area contributed by atoms with Gasteiger partial charge >= 0.3 is 0 Å². The van der Waals surface area contributed by atoms with E-state index in [2.05, 4.69) is 16.0 Å². The number of hydrogen-bond acceptors (Lipinski definition) is 3. The number of amides is 2. The van der Waals surface area contributed by atoms with Gasteiger partial charge in [0.2, 0.25) is 5.91 Å². The second-order valence-corrected chi connectivity index (χ2v) is 5.40. The lowest BCUT2D eigenvalue weighted by Gasteiger charge is -2.08. The molecule has 0 saturated carbocycles. The average molecular weight is 321 g/mol. The van der Waals surface area contributed by atoms with Crippen LogP contribution in [0.2, 0.25) is 5.02 Å². The molecule has 1 aromatic carbocycles. The monoisotopic (exact) mass is 320 g/mol. The molecule has 0 radical (unpaired) electrons. The van der Waals surface area contributed by atoms with Gasteiger partial charge in [-0.25, -0.2) is 0 Å². The molecular formula is C15H17ClN4O2. The normalized spacial score (nSPS) is 10.4. The quantitative estimate of drug-likeness (QED) is 0.845. The van der Waals surface area contributed by atoms with Crippen molar-refractivity contribution in [3.63, 3.8) is 0 Å². The summed E-state index contributed by atoms with van der Waals surface area (Å²) >= 11 is 5.76. The number of benzene rings is 1. The van der Waals surface area contributed by atoms with Crippen LogP contribution in [0.4, 0.5) is 0 Å². The third-order valence-corrected chi connectivity index (χ3v) is 3.67. The Balaban J connectivity index is 1.92. The number of carbonyl (C=O) groups is 2. The average Bonchev–Trinajstić information content (AvgIpc) is 2.72. The van der Waals surface area contributed by atoms with Crippen molar-refractivity contribution >= 4 is 23.4 Å². The molecule has 2 amide bonds. The van der Waals surface area contributed by atoms with Crippen LogP contribution in [0.25, 0.3) is 0 Å². The van der Waals surface area contributed by atoms with E-state index < -0.39 is 5.91 Å². The predicted octanol–water partition coefficient (Wildman–Crippen LogP) is 1.69. The van der Waals surface area contributed by atoms with Crippen molar-refractivity contribution < 1.29 is 9.59 Å². The van der Waals surface area contributed by atoms with Crippen LogP contribution in [0.15, 0.2) is 24.3 Å². The minimum atomic E-state index is -0.398. The Kier molecular flexibility index (Phi) is 4.82. The van der Waals surface area contributed by atoms with Crippen molar-refractivity contribution in [3.05, 3.63) is 51.8 Å². The highest BCUT2D eigenvalue weighted by atomic mass is 35.5. The summed E-state index contributed by atoms with van der Waals surface area (Å²) < 4.78 is 1.73. The third-order valence-electron chi connectivity index (χ3n) is 3.42. The van der Waals surface area contributed by atoms with Gasteiger partial charge in [0.15, 0.2) is 0 Å². The van der Waals surface area contributed by atoms with Crippen molar-refractivity contribution in [2.75, 3.05) is 0 Å². The van der Waals surface area contributed by atoms with Crippen molar-refractivity contribution in [2.24, 2.45) is 7.05 Å². The van der Waals surface area contributed by atoms with Gasteiger partial charge in [-0.2, -0.15) is 5.10 Å². The molecule has 22 heavy (non-hydrogen) atoms. The molecule has 116 valence electrons. The number of aryl methyl sites for hydroxylation is 2. The van der Waals surface area contributed by atoms with Crippen molar-refractivity contribution in [1.82, 2.24) is 20.6 Å². The molecule has 7 heteroatoms. The molecule has 0 aliphatic rings. The summed E-state index contributed by atoms with van der Waals surface area (Å²) in [6.07, 6.45) is 0.159. The number of rotatable bonds is 3. The molecule has 6 nitrogen and oxygen atoms in total. The summed E-state index contributed by atoms with van der Waals surface area (Å²) in [6.45, 7) is 3.75. The van der Waals surface area contributed by atoms with Crippen molar-refractivity contribution in [2.45, 2.75) is 20.3 Å². The lowest BCUT2D eigenvalue weighted by Crippen LogP contribution is -2.42. The molecule has 2 aromatic rings. The summed E-state index contributed by atoms with van der Waals surface area (Å²) in [7, 11) is 1.83. The highest BCUT2D eigenvalue weighted by molar-refractivity contribution is 6.30. The lowest BCUT2D eigenvalue weighted by atomic mass is 10.1. The molecule has 0 atom stereocenters. The maximum absolute atomic E-state index is 11.9. The zero-order chi connectivity index (χ0) is 16.3. The first kappa shape index (κ1) is 16.0. The fourth-order valence-electron chi connectivity index (χ4n) is 2.08. The number of hydrazine groups is 1. The van der Waals surface area contributed by atoms with Gasteiger partial charge in [-0.15, -0.1) is 0 Å². The molecule has 0 fully saturated rings. The first-order chi connectivity index (χ1) is 10.4. The number of carbonyl (C=O) groups excluding carboxylic acids is 2. The van der Waals surface area contributed by atoms with Crippen LogP contribution in [0.1, 0.15) is 27.3 Å². The Hall–Kier alpha value is -2.34. The number of nitrogens with zero attached hydrogens (tertiary/aromatic N) is 2. The Morgan fingerprint density at radius 3 is 2.36 bits per heavy atom. The topological polar surface area (TPSA) is 76.0 Å². The minimum absolute atomic E-state index is 0.159. The first-order valence-corrected chi connectivity index (χ1v) is 7.10. The van der Waals surface area contributed by atoms with E-state index >= 15 is 0 Å². The molecule has 2 N–H and O–H groups in total. The van der Waals surface area contributed by atoms with Gasteiger partial charge in [0.25, 0.3) is 5.91 Å². The van der Waals surface area contributed by atoms with Crippen LogP contribution in [-0.2, 0) is 18.3 Å². The van der Waals surface area contributed by atoms with Crippen LogP contribution in [0.5, 0.6) is 0 Å². The standard InChI is InChI=1S/C15H17ClN4O2/c1-9-13(10(2)20(3)19-9)8-14(21)17-18-15(22)11-4-6-12(16)7-5-11/h4-7H,8H2,1-3H3,(H,17,21)(H,18,22). The molecule has 0 saturated heterocycles. The Bertz CT molecular complexity index is 707. The zero-order valence-electron chi connectivity index (χ0n) is 12.6. The smallest absolute Gasteiger partial charge is 0.269 e. The zero-order valence-corrected chi connectivity index (χ0v) is 13.4. The first-order valence-electron chi connectivity index (χ1n) is 6.72. The predicted molar refractivity (Wildman–Crippen MR) is 83.4 cm³/mol. The van der Waals surface area contributed by atoms with Crippen LogP contribution in [0, 0.1) is 13.8 Å². The Morgan fingerprint density at radius 1 is 1.18 bits per heavy atom. The summed E-state index contributed by atoms with van der Waals surface area (Å²) in [5.41, 5.74) is 7.78. The van der Waals surface area contributed by atoms with E-state index in [1.165, 1.54) is 0 Å². The van der Waals surface area contributed by atoms with E-state index in [-0.39, 0.29) is 12.3 Å². The molecule has 0 aliphatic heterocycles. The van der Waals surface area contributed by atoms with E-state index in [4.69, 9.17) is 11.6 Å². The second-order valence-electron chi connectivity index (χ2n) is 4.96. The van der Waals surface area contributed by atoms with Gasteiger partial charge in [0.05, 0.1) is 12.1 Å².